The van der Waals surface area contributed by atoms with Gasteiger partial charge in [-0.3, -0.25) is 4.79 Å². The highest BCUT2D eigenvalue weighted by molar-refractivity contribution is 5.93. The van der Waals surface area contributed by atoms with Crippen LogP contribution in [0.25, 0.3) is 0 Å². The Morgan fingerprint density at radius 1 is 1.30 bits per heavy atom. The van der Waals surface area contributed by atoms with Gasteiger partial charge in [-0.2, -0.15) is 0 Å². The van der Waals surface area contributed by atoms with Crippen molar-refractivity contribution in [2.75, 3.05) is 23.3 Å². The minimum atomic E-state index is -0.299. The molecule has 0 aromatic heterocycles. The van der Waals surface area contributed by atoms with Crippen LogP contribution in [0.15, 0.2) is 42.5 Å². The zero-order valence-corrected chi connectivity index (χ0v) is 13.5. The van der Waals surface area contributed by atoms with Gasteiger partial charge in [0.2, 0.25) is 5.91 Å². The van der Waals surface area contributed by atoms with Crippen LogP contribution < -0.4 is 10.2 Å². The summed E-state index contributed by atoms with van der Waals surface area (Å²) in [6.07, 6.45) is 0.715. The van der Waals surface area contributed by atoms with E-state index in [-0.39, 0.29) is 17.6 Å². The monoisotopic (exact) mass is 312 g/mol. The van der Waals surface area contributed by atoms with Gasteiger partial charge < -0.3 is 10.2 Å². The molecule has 0 spiro atoms. The Kier molecular flexibility index (Phi) is 4.33. The normalized spacial score (nSPS) is 16.8. The largest absolute Gasteiger partial charge is 0.371 e. The fourth-order valence-electron chi connectivity index (χ4n) is 3.08. The zero-order chi connectivity index (χ0) is 16.4. The lowest BCUT2D eigenvalue weighted by Crippen LogP contribution is -2.40. The van der Waals surface area contributed by atoms with E-state index in [9.17, 15) is 9.18 Å². The van der Waals surface area contributed by atoms with Gasteiger partial charge in [-0.15, -0.1) is 0 Å². The van der Waals surface area contributed by atoms with Crippen LogP contribution in [0, 0.1) is 18.7 Å². The number of anilines is 2. The highest BCUT2D eigenvalue weighted by Gasteiger charge is 2.28. The SMILES string of the molecule is CCN1CC(C(=O)Nc2ccc(C)c(F)c2)Cc2ccccc21. The first-order chi connectivity index (χ1) is 11.1. The molecule has 1 aliphatic rings. The Hall–Kier alpha value is -2.36. The Balaban J connectivity index is 1.77. The van der Waals surface area contributed by atoms with Gasteiger partial charge in [-0.05, 0) is 49.6 Å². The van der Waals surface area contributed by atoms with Crippen molar-refractivity contribution in [3.05, 3.63) is 59.4 Å². The van der Waals surface area contributed by atoms with E-state index in [0.717, 1.165) is 6.54 Å². The number of benzene rings is 2. The molecule has 0 aliphatic carbocycles. The molecular weight excluding hydrogens is 291 g/mol. The van der Waals surface area contributed by atoms with Crippen molar-refractivity contribution in [3.63, 3.8) is 0 Å². The number of rotatable bonds is 3. The fraction of sp³-hybridized carbons (Fsp3) is 0.316. The van der Waals surface area contributed by atoms with Crippen LogP contribution in [0.4, 0.5) is 15.8 Å². The molecule has 1 atom stereocenters. The number of fused-ring (bicyclic) bond motifs is 1. The van der Waals surface area contributed by atoms with Gasteiger partial charge in [0.1, 0.15) is 5.82 Å². The molecule has 0 fully saturated rings. The molecule has 0 radical (unpaired) electrons. The maximum absolute atomic E-state index is 13.6. The number of halogens is 1. The Labute approximate surface area is 136 Å². The number of nitrogens with zero attached hydrogens (tertiary/aromatic N) is 1. The quantitative estimate of drug-likeness (QED) is 0.935. The third-order valence-electron chi connectivity index (χ3n) is 4.43. The maximum Gasteiger partial charge on any atom is 0.229 e. The first-order valence-corrected chi connectivity index (χ1v) is 7.98. The highest BCUT2D eigenvalue weighted by Crippen LogP contribution is 2.30. The highest BCUT2D eigenvalue weighted by atomic mass is 19.1. The molecule has 4 heteroatoms. The third kappa shape index (κ3) is 3.21. The summed E-state index contributed by atoms with van der Waals surface area (Å²) >= 11 is 0. The summed E-state index contributed by atoms with van der Waals surface area (Å²) in [6.45, 7) is 5.35. The standard InChI is InChI=1S/C19H21FN2O/c1-3-22-12-15(10-14-6-4-5-7-18(14)22)19(23)21-16-9-8-13(2)17(20)11-16/h4-9,11,15H,3,10,12H2,1-2H3,(H,21,23). The Morgan fingerprint density at radius 3 is 2.83 bits per heavy atom. The van der Waals surface area contributed by atoms with E-state index in [2.05, 4.69) is 29.3 Å². The van der Waals surface area contributed by atoms with Gasteiger partial charge in [-0.1, -0.05) is 24.3 Å². The molecule has 0 bridgehead atoms. The van der Waals surface area contributed by atoms with Crippen LogP contribution in [0.5, 0.6) is 0 Å². The fourth-order valence-corrected chi connectivity index (χ4v) is 3.08. The van der Waals surface area contributed by atoms with E-state index in [1.165, 1.54) is 17.3 Å². The van der Waals surface area contributed by atoms with Crippen LogP contribution in [-0.4, -0.2) is 19.0 Å². The van der Waals surface area contributed by atoms with Crippen LogP contribution in [0.2, 0.25) is 0 Å². The van der Waals surface area contributed by atoms with Crippen molar-refractivity contribution in [2.24, 2.45) is 5.92 Å². The molecule has 2 aromatic rings. The Morgan fingerprint density at radius 2 is 2.09 bits per heavy atom. The number of nitrogens with one attached hydrogen (secondary N) is 1. The van der Waals surface area contributed by atoms with Gasteiger partial charge in [0.15, 0.2) is 0 Å². The molecule has 23 heavy (non-hydrogen) atoms. The number of carbonyl (C=O) groups excluding carboxylic acids is 1. The number of carbonyl (C=O) groups is 1. The lowest BCUT2D eigenvalue weighted by molar-refractivity contribution is -0.119. The van der Waals surface area contributed by atoms with Gasteiger partial charge in [-0.25, -0.2) is 4.39 Å². The number of hydrogen-bond acceptors (Lipinski definition) is 2. The predicted octanol–water partition coefficient (Wildman–Crippen LogP) is 3.77. The van der Waals surface area contributed by atoms with Crippen LogP contribution in [-0.2, 0) is 11.2 Å². The second kappa shape index (κ2) is 6.41. The van der Waals surface area contributed by atoms with Gasteiger partial charge in [0.25, 0.3) is 0 Å². The average Bonchev–Trinajstić information content (AvgIpc) is 2.57. The molecule has 0 saturated heterocycles. The Bertz CT molecular complexity index is 729. The minimum absolute atomic E-state index is 0.0544. The first kappa shape index (κ1) is 15.5. The summed E-state index contributed by atoms with van der Waals surface area (Å²) in [6, 6.07) is 13.0. The summed E-state index contributed by atoms with van der Waals surface area (Å²) in [5.41, 5.74) is 3.49. The summed E-state index contributed by atoms with van der Waals surface area (Å²) in [5, 5.41) is 2.85. The summed E-state index contributed by atoms with van der Waals surface area (Å²) in [4.78, 5) is 14.8. The van der Waals surface area contributed by atoms with E-state index in [1.54, 1.807) is 19.1 Å². The van der Waals surface area contributed by atoms with E-state index < -0.39 is 0 Å². The van der Waals surface area contributed by atoms with Crippen molar-refractivity contribution >= 4 is 17.3 Å². The third-order valence-corrected chi connectivity index (χ3v) is 4.43. The summed E-state index contributed by atoms with van der Waals surface area (Å²) in [7, 11) is 0. The predicted molar refractivity (Wildman–Crippen MR) is 91.3 cm³/mol. The molecule has 3 rings (SSSR count). The molecule has 0 saturated carbocycles. The van der Waals surface area contributed by atoms with Crippen molar-refractivity contribution < 1.29 is 9.18 Å². The molecule has 120 valence electrons. The number of para-hydroxylation sites is 1. The van der Waals surface area contributed by atoms with Crippen molar-refractivity contribution in [3.8, 4) is 0 Å². The maximum atomic E-state index is 13.6. The average molecular weight is 312 g/mol. The van der Waals surface area contributed by atoms with E-state index >= 15 is 0 Å². The van der Waals surface area contributed by atoms with E-state index in [4.69, 9.17) is 0 Å². The second-order valence-electron chi connectivity index (χ2n) is 6.02. The van der Waals surface area contributed by atoms with Gasteiger partial charge in [0.05, 0.1) is 5.92 Å². The molecule has 1 unspecified atom stereocenters. The number of hydrogen-bond donors (Lipinski definition) is 1. The number of aryl methyl sites for hydroxylation is 1. The zero-order valence-electron chi connectivity index (χ0n) is 13.5. The van der Waals surface area contributed by atoms with Gasteiger partial charge >= 0.3 is 0 Å². The summed E-state index contributed by atoms with van der Waals surface area (Å²) in [5.74, 6) is -0.484. The lowest BCUT2D eigenvalue weighted by atomic mass is 9.91. The van der Waals surface area contributed by atoms with E-state index in [1.807, 2.05) is 12.1 Å². The van der Waals surface area contributed by atoms with Crippen LogP contribution in [0.3, 0.4) is 0 Å². The molecule has 1 heterocycles. The summed E-state index contributed by atoms with van der Waals surface area (Å²) < 4.78 is 13.6. The minimum Gasteiger partial charge on any atom is -0.371 e. The molecule has 1 N–H and O–H groups in total. The second-order valence-corrected chi connectivity index (χ2v) is 6.02. The lowest BCUT2D eigenvalue weighted by Gasteiger charge is -2.34. The first-order valence-electron chi connectivity index (χ1n) is 7.98. The molecule has 3 nitrogen and oxygen atoms in total. The van der Waals surface area contributed by atoms with Crippen molar-refractivity contribution in [1.82, 2.24) is 0 Å². The van der Waals surface area contributed by atoms with Gasteiger partial charge in [0, 0.05) is 24.5 Å². The van der Waals surface area contributed by atoms with E-state index in [0.29, 0.717) is 24.2 Å². The molecule has 1 aliphatic heterocycles. The van der Waals surface area contributed by atoms with Crippen LogP contribution in [0.1, 0.15) is 18.1 Å². The molecule has 1 amide bonds. The van der Waals surface area contributed by atoms with Crippen LogP contribution >= 0.6 is 0 Å². The van der Waals surface area contributed by atoms with Crippen molar-refractivity contribution in [1.29, 1.82) is 0 Å². The molecule has 2 aromatic carbocycles. The smallest absolute Gasteiger partial charge is 0.229 e. The number of amides is 1. The van der Waals surface area contributed by atoms with Crippen molar-refractivity contribution in [2.45, 2.75) is 20.3 Å². The topological polar surface area (TPSA) is 32.3 Å². The molecular formula is C19H21FN2O.